The zero-order valence-electron chi connectivity index (χ0n) is 19.0. The van der Waals surface area contributed by atoms with Crippen LogP contribution in [0.15, 0.2) is 41.3 Å². The fourth-order valence-electron chi connectivity index (χ4n) is 3.18. The third-order valence-electron chi connectivity index (χ3n) is 5.02. The van der Waals surface area contributed by atoms with Gasteiger partial charge in [-0.15, -0.1) is 0 Å². The molecular weight excluding hydrogens is 448 g/mol. The predicted molar refractivity (Wildman–Crippen MR) is 122 cm³/mol. The minimum absolute atomic E-state index is 0.0768. The Bertz CT molecular complexity index is 1150. The van der Waals surface area contributed by atoms with Gasteiger partial charge in [0.15, 0.2) is 17.6 Å². The molecular formula is C23H28N2O7S. The topological polar surface area (TPSA) is 120 Å². The smallest absolute Gasteiger partial charge is 0.324 e. The van der Waals surface area contributed by atoms with E-state index in [9.17, 15) is 18.0 Å². The highest BCUT2D eigenvalue weighted by Gasteiger charge is 2.27. The van der Waals surface area contributed by atoms with Crippen LogP contribution < -0.4 is 19.5 Å². The number of hydrogen-bond acceptors (Lipinski definition) is 7. The van der Waals surface area contributed by atoms with Gasteiger partial charge in [0, 0.05) is 18.2 Å². The minimum atomic E-state index is -4.05. The summed E-state index contributed by atoms with van der Waals surface area (Å²) in [6.07, 6.45) is -0.434. The first kappa shape index (κ1) is 24.5. The van der Waals surface area contributed by atoms with Crippen LogP contribution in [0.5, 0.6) is 11.5 Å². The van der Waals surface area contributed by atoms with Gasteiger partial charge in [0.25, 0.3) is 5.91 Å². The lowest BCUT2D eigenvalue weighted by atomic mass is 10.1. The molecule has 0 saturated carbocycles. The Morgan fingerprint density at radius 2 is 1.70 bits per heavy atom. The number of sulfonamides is 1. The molecule has 178 valence electrons. The van der Waals surface area contributed by atoms with E-state index >= 15 is 0 Å². The molecule has 0 aliphatic carbocycles. The van der Waals surface area contributed by atoms with Crippen molar-refractivity contribution in [3.63, 3.8) is 0 Å². The van der Waals surface area contributed by atoms with E-state index in [1.54, 1.807) is 6.07 Å². The molecule has 1 heterocycles. The Morgan fingerprint density at radius 3 is 2.39 bits per heavy atom. The number of carbonyl (C=O) groups excluding carboxylic acids is 2. The molecule has 0 fully saturated rings. The Hall–Kier alpha value is -3.11. The zero-order chi connectivity index (χ0) is 24.2. The summed E-state index contributed by atoms with van der Waals surface area (Å²) in [6.45, 7) is 7.46. The number of ether oxygens (including phenoxy) is 3. The van der Waals surface area contributed by atoms with Crippen LogP contribution in [0, 0.1) is 13.8 Å². The van der Waals surface area contributed by atoms with Crippen molar-refractivity contribution in [3.8, 4) is 11.5 Å². The maximum Gasteiger partial charge on any atom is 0.324 e. The number of benzene rings is 2. The van der Waals surface area contributed by atoms with Gasteiger partial charge >= 0.3 is 5.97 Å². The van der Waals surface area contributed by atoms with E-state index < -0.39 is 34.0 Å². The molecule has 2 atom stereocenters. The monoisotopic (exact) mass is 476 g/mol. The van der Waals surface area contributed by atoms with Crippen LogP contribution in [0.2, 0.25) is 0 Å². The van der Waals surface area contributed by atoms with Crippen molar-refractivity contribution in [2.24, 2.45) is 0 Å². The molecule has 1 amide bonds. The lowest BCUT2D eigenvalue weighted by Crippen LogP contribution is -2.42. The molecule has 10 heteroatoms. The zero-order valence-corrected chi connectivity index (χ0v) is 19.8. The van der Waals surface area contributed by atoms with Gasteiger partial charge in [-0.05, 0) is 51.5 Å². The van der Waals surface area contributed by atoms with Crippen molar-refractivity contribution in [1.29, 1.82) is 0 Å². The Balaban J connectivity index is 1.61. The standard InChI is InChI=1S/C23H28N2O7S/c1-14-6-8-19(15(2)12-14)24-22(26)17(4)32-23(27)16(3)25-33(28,29)18-7-9-20-21(13-18)31-11-5-10-30-20/h6-9,12-13,16-17,25H,5,10-11H2,1-4H3,(H,24,26)/t16-,17-/m0/s1. The van der Waals surface area contributed by atoms with Gasteiger partial charge in [-0.1, -0.05) is 17.7 Å². The minimum Gasteiger partial charge on any atom is -0.490 e. The second-order valence-corrected chi connectivity index (χ2v) is 9.60. The van der Waals surface area contributed by atoms with Crippen LogP contribution in [-0.4, -0.2) is 45.7 Å². The van der Waals surface area contributed by atoms with Gasteiger partial charge in [0.1, 0.15) is 6.04 Å². The predicted octanol–water partition coefficient (Wildman–Crippen LogP) is 2.70. The molecule has 1 aliphatic rings. The Kier molecular flexibility index (Phi) is 7.60. The average Bonchev–Trinajstić information content (AvgIpc) is 3.00. The SMILES string of the molecule is Cc1ccc(NC(=O)[C@H](C)OC(=O)[C@H](C)NS(=O)(=O)c2ccc3c(c2)OCCCO3)c(C)c1. The molecule has 2 N–H and O–H groups in total. The highest BCUT2D eigenvalue weighted by atomic mass is 32.2. The molecule has 0 saturated heterocycles. The van der Waals surface area contributed by atoms with E-state index in [2.05, 4.69) is 10.0 Å². The van der Waals surface area contributed by atoms with Crippen molar-refractivity contribution in [2.45, 2.75) is 51.2 Å². The van der Waals surface area contributed by atoms with Crippen molar-refractivity contribution in [1.82, 2.24) is 4.72 Å². The summed E-state index contributed by atoms with van der Waals surface area (Å²) in [5.41, 5.74) is 2.54. The average molecular weight is 477 g/mol. The summed E-state index contributed by atoms with van der Waals surface area (Å²) in [5, 5.41) is 2.71. The molecule has 2 aromatic carbocycles. The van der Waals surface area contributed by atoms with Crippen LogP contribution in [-0.2, 0) is 24.3 Å². The lowest BCUT2D eigenvalue weighted by molar-refractivity contribution is -0.154. The van der Waals surface area contributed by atoms with Gasteiger partial charge in [-0.2, -0.15) is 4.72 Å². The Labute approximate surface area is 193 Å². The van der Waals surface area contributed by atoms with Crippen molar-refractivity contribution in [3.05, 3.63) is 47.5 Å². The number of hydrogen-bond donors (Lipinski definition) is 2. The number of aryl methyl sites for hydroxylation is 2. The van der Waals surface area contributed by atoms with Crippen molar-refractivity contribution >= 4 is 27.6 Å². The number of esters is 1. The van der Waals surface area contributed by atoms with Gasteiger partial charge in [-0.3, -0.25) is 9.59 Å². The van der Waals surface area contributed by atoms with E-state index in [0.717, 1.165) is 11.1 Å². The first-order valence-electron chi connectivity index (χ1n) is 10.6. The number of amides is 1. The van der Waals surface area contributed by atoms with Crippen molar-refractivity contribution in [2.75, 3.05) is 18.5 Å². The highest BCUT2D eigenvalue weighted by Crippen LogP contribution is 2.31. The van der Waals surface area contributed by atoms with Crippen LogP contribution in [0.4, 0.5) is 5.69 Å². The molecule has 1 aliphatic heterocycles. The summed E-state index contributed by atoms with van der Waals surface area (Å²) in [5.74, 6) is -0.616. The Morgan fingerprint density at radius 1 is 1.00 bits per heavy atom. The van der Waals surface area contributed by atoms with Gasteiger partial charge in [0.05, 0.1) is 18.1 Å². The number of nitrogens with one attached hydrogen (secondary N) is 2. The first-order chi connectivity index (χ1) is 15.6. The van der Waals surface area contributed by atoms with Gasteiger partial charge < -0.3 is 19.5 Å². The van der Waals surface area contributed by atoms with Crippen LogP contribution in [0.3, 0.4) is 0 Å². The molecule has 0 radical (unpaired) electrons. The molecule has 0 aromatic heterocycles. The largest absolute Gasteiger partial charge is 0.490 e. The van der Waals surface area contributed by atoms with Gasteiger partial charge in [-0.25, -0.2) is 8.42 Å². The normalized spacial score (nSPS) is 15.2. The summed E-state index contributed by atoms with van der Waals surface area (Å²) in [4.78, 5) is 24.8. The fourth-order valence-corrected chi connectivity index (χ4v) is 4.38. The van der Waals surface area contributed by atoms with Crippen LogP contribution in [0.25, 0.3) is 0 Å². The van der Waals surface area contributed by atoms with E-state index in [1.165, 1.54) is 32.0 Å². The van der Waals surface area contributed by atoms with E-state index in [-0.39, 0.29) is 4.90 Å². The highest BCUT2D eigenvalue weighted by molar-refractivity contribution is 7.89. The number of rotatable bonds is 7. The van der Waals surface area contributed by atoms with Crippen molar-refractivity contribution < 1.29 is 32.2 Å². The van der Waals surface area contributed by atoms with E-state index in [1.807, 2.05) is 26.0 Å². The molecule has 0 unspecified atom stereocenters. The molecule has 9 nitrogen and oxygen atoms in total. The molecule has 0 bridgehead atoms. The van der Waals surface area contributed by atoms with Crippen LogP contribution >= 0.6 is 0 Å². The summed E-state index contributed by atoms with van der Waals surface area (Å²) in [7, 11) is -4.05. The van der Waals surface area contributed by atoms with E-state index in [0.29, 0.717) is 36.8 Å². The molecule has 0 spiro atoms. The van der Waals surface area contributed by atoms with Gasteiger partial charge in [0.2, 0.25) is 10.0 Å². The maximum absolute atomic E-state index is 12.8. The molecule has 3 rings (SSSR count). The third-order valence-corrected chi connectivity index (χ3v) is 6.56. The second kappa shape index (κ2) is 10.2. The van der Waals surface area contributed by atoms with Crippen LogP contribution in [0.1, 0.15) is 31.4 Å². The first-order valence-corrected chi connectivity index (χ1v) is 12.1. The molecule has 2 aromatic rings. The second-order valence-electron chi connectivity index (χ2n) is 7.89. The lowest BCUT2D eigenvalue weighted by Gasteiger charge is -2.18. The van der Waals surface area contributed by atoms with E-state index in [4.69, 9.17) is 14.2 Å². The fraction of sp³-hybridized carbons (Fsp3) is 0.391. The number of carbonyl (C=O) groups is 2. The number of fused-ring (bicyclic) bond motifs is 1. The quantitative estimate of drug-likeness (QED) is 0.590. The summed E-state index contributed by atoms with van der Waals surface area (Å²) < 4.78 is 44.0. The third kappa shape index (κ3) is 6.23. The summed E-state index contributed by atoms with van der Waals surface area (Å²) in [6, 6.07) is 8.55. The summed E-state index contributed by atoms with van der Waals surface area (Å²) >= 11 is 0. The molecule has 33 heavy (non-hydrogen) atoms. The number of anilines is 1. The maximum atomic E-state index is 12.8.